The van der Waals surface area contributed by atoms with Crippen LogP contribution in [0.5, 0.6) is 0 Å². The fraction of sp³-hybridized carbons (Fsp3) is 0.500. The van der Waals surface area contributed by atoms with Crippen molar-refractivity contribution in [2.75, 3.05) is 23.4 Å². The van der Waals surface area contributed by atoms with Crippen LogP contribution in [0.25, 0.3) is 0 Å². The van der Waals surface area contributed by atoms with Gasteiger partial charge in [-0.2, -0.15) is 11.8 Å². The molecular formula is C14H20F2N2OS. The average Bonchev–Trinajstić information content (AvgIpc) is 2.41. The minimum absolute atomic E-state index is 0.0335. The van der Waals surface area contributed by atoms with E-state index in [1.165, 1.54) is 6.07 Å². The average molecular weight is 302 g/mol. The Bertz CT molecular complexity index is 423. The number of carbonyl (C=O) groups is 1. The van der Waals surface area contributed by atoms with Gasteiger partial charge in [-0.05, 0) is 37.0 Å². The third-order valence-corrected chi connectivity index (χ3v) is 3.67. The van der Waals surface area contributed by atoms with Gasteiger partial charge in [0, 0.05) is 6.04 Å². The molecule has 6 heteroatoms. The predicted molar refractivity (Wildman–Crippen MR) is 80.1 cm³/mol. The van der Waals surface area contributed by atoms with Crippen molar-refractivity contribution in [3.63, 3.8) is 0 Å². The van der Waals surface area contributed by atoms with Crippen LogP contribution in [-0.2, 0) is 4.79 Å². The summed E-state index contributed by atoms with van der Waals surface area (Å²) in [6.45, 7) is 4.11. The molecule has 0 spiro atoms. The molecule has 0 bridgehead atoms. The van der Waals surface area contributed by atoms with Crippen molar-refractivity contribution >= 4 is 23.4 Å². The van der Waals surface area contributed by atoms with E-state index in [9.17, 15) is 13.6 Å². The Balaban J connectivity index is 2.37. The number of benzene rings is 1. The fourth-order valence-electron chi connectivity index (χ4n) is 1.57. The molecule has 2 N–H and O–H groups in total. The van der Waals surface area contributed by atoms with Gasteiger partial charge in [0.25, 0.3) is 0 Å². The van der Waals surface area contributed by atoms with Gasteiger partial charge < -0.3 is 10.6 Å². The first-order valence-corrected chi connectivity index (χ1v) is 7.75. The van der Waals surface area contributed by atoms with E-state index in [1.54, 1.807) is 0 Å². The summed E-state index contributed by atoms with van der Waals surface area (Å²) in [5.74, 6) is 0.0917. The van der Waals surface area contributed by atoms with Crippen molar-refractivity contribution in [1.29, 1.82) is 0 Å². The maximum atomic E-state index is 13.3. The van der Waals surface area contributed by atoms with Crippen LogP contribution >= 0.6 is 11.8 Å². The summed E-state index contributed by atoms with van der Waals surface area (Å²) < 4.78 is 26.7. The largest absolute Gasteiger partial charge is 0.320 e. The lowest BCUT2D eigenvalue weighted by atomic mass is 10.2. The maximum Gasteiger partial charge on any atom is 0.238 e. The standard InChI is InChI=1S/C14H20F2N2OS/c1-3-20-8-7-10(2)17-9-13(19)18-14-11(15)5-4-6-12(14)16/h4-6,10,17H,3,7-9H2,1-2H3,(H,18,19). The number of nitrogens with one attached hydrogen (secondary N) is 2. The summed E-state index contributed by atoms with van der Waals surface area (Å²) in [7, 11) is 0. The number of amides is 1. The molecule has 0 fully saturated rings. The highest BCUT2D eigenvalue weighted by Gasteiger charge is 2.12. The minimum Gasteiger partial charge on any atom is -0.320 e. The fourth-order valence-corrected chi connectivity index (χ4v) is 2.38. The molecule has 1 rings (SSSR count). The number of hydrogen-bond acceptors (Lipinski definition) is 3. The number of anilines is 1. The molecule has 0 heterocycles. The van der Waals surface area contributed by atoms with Crippen LogP contribution in [0.1, 0.15) is 20.3 Å². The van der Waals surface area contributed by atoms with E-state index in [4.69, 9.17) is 0 Å². The first-order chi connectivity index (χ1) is 9.54. The van der Waals surface area contributed by atoms with E-state index in [0.29, 0.717) is 0 Å². The summed E-state index contributed by atoms with van der Waals surface area (Å²) in [5.41, 5.74) is -0.395. The van der Waals surface area contributed by atoms with Gasteiger partial charge >= 0.3 is 0 Å². The number of carbonyl (C=O) groups excluding carboxylic acids is 1. The molecule has 1 amide bonds. The van der Waals surface area contributed by atoms with E-state index in [-0.39, 0.29) is 12.6 Å². The Morgan fingerprint density at radius 2 is 2.00 bits per heavy atom. The Labute approximate surface area is 122 Å². The van der Waals surface area contributed by atoms with Gasteiger partial charge in [0.2, 0.25) is 5.91 Å². The molecule has 0 aliphatic heterocycles. The molecular weight excluding hydrogens is 282 g/mol. The topological polar surface area (TPSA) is 41.1 Å². The van der Waals surface area contributed by atoms with Gasteiger partial charge in [-0.1, -0.05) is 13.0 Å². The van der Waals surface area contributed by atoms with Crippen LogP contribution < -0.4 is 10.6 Å². The summed E-state index contributed by atoms with van der Waals surface area (Å²) in [4.78, 5) is 11.6. The lowest BCUT2D eigenvalue weighted by Crippen LogP contribution is -2.35. The zero-order valence-corrected chi connectivity index (χ0v) is 12.5. The van der Waals surface area contributed by atoms with Crippen molar-refractivity contribution in [3.05, 3.63) is 29.8 Å². The van der Waals surface area contributed by atoms with Gasteiger partial charge in [-0.25, -0.2) is 8.78 Å². The number of para-hydroxylation sites is 1. The van der Waals surface area contributed by atoms with E-state index in [2.05, 4.69) is 17.6 Å². The second-order valence-electron chi connectivity index (χ2n) is 4.41. The van der Waals surface area contributed by atoms with Crippen LogP contribution in [0.3, 0.4) is 0 Å². The highest BCUT2D eigenvalue weighted by atomic mass is 32.2. The third kappa shape index (κ3) is 5.88. The lowest BCUT2D eigenvalue weighted by Gasteiger charge is -2.13. The van der Waals surface area contributed by atoms with Crippen LogP contribution in [0.15, 0.2) is 18.2 Å². The number of hydrogen-bond donors (Lipinski definition) is 2. The molecule has 3 nitrogen and oxygen atoms in total. The molecule has 1 unspecified atom stereocenters. The number of rotatable bonds is 8. The highest BCUT2D eigenvalue weighted by molar-refractivity contribution is 7.99. The smallest absolute Gasteiger partial charge is 0.238 e. The first kappa shape index (κ1) is 16.9. The lowest BCUT2D eigenvalue weighted by molar-refractivity contribution is -0.115. The molecule has 0 aliphatic carbocycles. The van der Waals surface area contributed by atoms with Crippen LogP contribution in [0, 0.1) is 11.6 Å². The molecule has 0 aliphatic rings. The monoisotopic (exact) mass is 302 g/mol. The highest BCUT2D eigenvalue weighted by Crippen LogP contribution is 2.17. The Morgan fingerprint density at radius 1 is 1.35 bits per heavy atom. The normalized spacial score (nSPS) is 12.2. The predicted octanol–water partition coefficient (Wildman–Crippen LogP) is 3.02. The first-order valence-electron chi connectivity index (χ1n) is 6.59. The van der Waals surface area contributed by atoms with Crippen molar-refractivity contribution in [2.24, 2.45) is 0 Å². The van der Waals surface area contributed by atoms with Gasteiger partial charge in [-0.15, -0.1) is 0 Å². The van der Waals surface area contributed by atoms with Gasteiger partial charge in [0.1, 0.15) is 17.3 Å². The van der Waals surface area contributed by atoms with E-state index in [0.717, 1.165) is 30.1 Å². The van der Waals surface area contributed by atoms with Crippen LogP contribution in [0.2, 0.25) is 0 Å². The van der Waals surface area contributed by atoms with E-state index < -0.39 is 23.2 Å². The molecule has 112 valence electrons. The maximum absolute atomic E-state index is 13.3. The Hall–Kier alpha value is -1.14. The molecule has 1 aromatic carbocycles. The summed E-state index contributed by atoms with van der Waals surface area (Å²) in [6, 6.07) is 3.66. The number of thioether (sulfide) groups is 1. The molecule has 0 saturated carbocycles. The second kappa shape index (κ2) is 8.92. The number of halogens is 2. The van der Waals surface area contributed by atoms with Gasteiger partial charge in [-0.3, -0.25) is 4.79 Å². The molecule has 1 aromatic rings. The van der Waals surface area contributed by atoms with Gasteiger partial charge in [0.15, 0.2) is 0 Å². The van der Waals surface area contributed by atoms with Gasteiger partial charge in [0.05, 0.1) is 6.54 Å². The summed E-state index contributed by atoms with van der Waals surface area (Å²) in [6.07, 6.45) is 0.944. The summed E-state index contributed by atoms with van der Waals surface area (Å²) >= 11 is 1.84. The minimum atomic E-state index is -0.772. The van der Waals surface area contributed by atoms with Crippen LogP contribution in [0.4, 0.5) is 14.5 Å². The zero-order valence-electron chi connectivity index (χ0n) is 11.7. The molecule has 1 atom stereocenters. The summed E-state index contributed by atoms with van der Waals surface area (Å²) in [5, 5.41) is 5.27. The van der Waals surface area contributed by atoms with Crippen molar-refractivity contribution in [3.8, 4) is 0 Å². The van der Waals surface area contributed by atoms with Crippen molar-refractivity contribution in [2.45, 2.75) is 26.3 Å². The molecule has 0 radical (unpaired) electrons. The van der Waals surface area contributed by atoms with E-state index >= 15 is 0 Å². The van der Waals surface area contributed by atoms with Crippen LogP contribution in [-0.4, -0.2) is 30.0 Å². The van der Waals surface area contributed by atoms with Crippen molar-refractivity contribution < 1.29 is 13.6 Å². The SMILES string of the molecule is CCSCCC(C)NCC(=O)Nc1c(F)cccc1F. The third-order valence-electron chi connectivity index (χ3n) is 2.74. The quantitative estimate of drug-likeness (QED) is 0.725. The Morgan fingerprint density at radius 3 is 2.60 bits per heavy atom. The molecule has 0 saturated heterocycles. The zero-order chi connectivity index (χ0) is 15.0. The van der Waals surface area contributed by atoms with E-state index in [1.807, 2.05) is 18.7 Å². The molecule has 0 aromatic heterocycles. The Kier molecular flexibility index (Phi) is 7.54. The van der Waals surface area contributed by atoms with Crippen molar-refractivity contribution in [1.82, 2.24) is 5.32 Å². The second-order valence-corrected chi connectivity index (χ2v) is 5.81. The molecule has 20 heavy (non-hydrogen) atoms.